The van der Waals surface area contributed by atoms with E-state index in [0.29, 0.717) is 12.5 Å². The molecular weight excluding hydrogens is 326 g/mol. The lowest BCUT2D eigenvalue weighted by Gasteiger charge is -2.33. The standard InChI is InChI=1S/C21H25N3O2/c22-21(25)18-13-15-3-1-2-4-19(15)24-20(18)14-5-7-16(8-6-14)23-17-9-11-26-12-10-17/h1-8,17-18,20,23-24H,9-13H2,(H2,22,25). The monoisotopic (exact) mass is 351 g/mol. The van der Waals surface area contributed by atoms with E-state index >= 15 is 0 Å². The fraction of sp³-hybridized carbons (Fsp3) is 0.381. The number of carbonyl (C=O) groups is 1. The molecule has 1 fully saturated rings. The molecule has 4 N–H and O–H groups in total. The third-order valence-corrected chi connectivity index (χ3v) is 5.40. The lowest BCUT2D eigenvalue weighted by atomic mass is 9.83. The highest BCUT2D eigenvalue weighted by Gasteiger charge is 2.32. The molecule has 26 heavy (non-hydrogen) atoms. The summed E-state index contributed by atoms with van der Waals surface area (Å²) in [6.45, 7) is 1.64. The average Bonchev–Trinajstić information content (AvgIpc) is 2.68. The van der Waals surface area contributed by atoms with Crippen LogP contribution < -0.4 is 16.4 Å². The summed E-state index contributed by atoms with van der Waals surface area (Å²) in [5.41, 5.74) is 10.1. The second-order valence-electron chi connectivity index (χ2n) is 7.15. The van der Waals surface area contributed by atoms with Crippen LogP contribution >= 0.6 is 0 Å². The summed E-state index contributed by atoms with van der Waals surface area (Å²) >= 11 is 0. The maximum absolute atomic E-state index is 12.0. The maximum atomic E-state index is 12.0. The van der Waals surface area contributed by atoms with Gasteiger partial charge >= 0.3 is 0 Å². The van der Waals surface area contributed by atoms with Gasteiger partial charge in [0.15, 0.2) is 0 Å². The zero-order valence-electron chi connectivity index (χ0n) is 14.8. The van der Waals surface area contributed by atoms with Gasteiger partial charge in [-0.3, -0.25) is 4.79 Å². The normalized spacial score (nSPS) is 22.9. The summed E-state index contributed by atoms with van der Waals surface area (Å²) in [6, 6.07) is 16.8. The number of ether oxygens (including phenoxy) is 1. The summed E-state index contributed by atoms with van der Waals surface area (Å²) in [5.74, 6) is -0.513. The number of hydrogen-bond donors (Lipinski definition) is 3. The number of primary amides is 1. The van der Waals surface area contributed by atoms with Crippen LogP contribution in [0.4, 0.5) is 11.4 Å². The number of anilines is 2. The highest BCUT2D eigenvalue weighted by atomic mass is 16.5. The van der Waals surface area contributed by atoms with Gasteiger partial charge in [-0.05, 0) is 48.6 Å². The van der Waals surface area contributed by atoms with Gasteiger partial charge in [0.1, 0.15) is 0 Å². The molecule has 2 heterocycles. The molecule has 0 spiro atoms. The fourth-order valence-electron chi connectivity index (χ4n) is 3.91. The molecule has 2 atom stereocenters. The number of para-hydroxylation sites is 1. The first kappa shape index (κ1) is 16.9. The van der Waals surface area contributed by atoms with E-state index in [1.54, 1.807) is 0 Å². The van der Waals surface area contributed by atoms with Gasteiger partial charge in [-0.1, -0.05) is 30.3 Å². The van der Waals surface area contributed by atoms with E-state index in [4.69, 9.17) is 10.5 Å². The van der Waals surface area contributed by atoms with Crippen LogP contribution in [0.25, 0.3) is 0 Å². The van der Waals surface area contributed by atoms with Crippen LogP contribution in [0.3, 0.4) is 0 Å². The van der Waals surface area contributed by atoms with Crippen LogP contribution in [0, 0.1) is 5.92 Å². The number of nitrogens with two attached hydrogens (primary N) is 1. The fourth-order valence-corrected chi connectivity index (χ4v) is 3.91. The molecule has 1 amide bonds. The van der Waals surface area contributed by atoms with Crippen LogP contribution in [0.5, 0.6) is 0 Å². The molecule has 2 aliphatic rings. The Morgan fingerprint density at radius 2 is 1.81 bits per heavy atom. The first-order chi connectivity index (χ1) is 12.7. The molecule has 136 valence electrons. The minimum Gasteiger partial charge on any atom is -0.382 e. The van der Waals surface area contributed by atoms with Crippen LogP contribution in [0.2, 0.25) is 0 Å². The number of benzene rings is 2. The molecule has 2 unspecified atom stereocenters. The Morgan fingerprint density at radius 3 is 2.54 bits per heavy atom. The molecule has 4 rings (SSSR count). The van der Waals surface area contributed by atoms with Gasteiger partial charge in [0.05, 0.1) is 12.0 Å². The molecule has 2 aliphatic heterocycles. The van der Waals surface area contributed by atoms with Crippen molar-refractivity contribution in [2.75, 3.05) is 23.8 Å². The molecule has 2 aromatic carbocycles. The van der Waals surface area contributed by atoms with E-state index in [1.165, 1.54) is 0 Å². The molecule has 0 aromatic heterocycles. The average molecular weight is 351 g/mol. The second kappa shape index (κ2) is 7.38. The Labute approximate surface area is 153 Å². The number of fused-ring (bicyclic) bond motifs is 1. The largest absolute Gasteiger partial charge is 0.382 e. The summed E-state index contributed by atoms with van der Waals surface area (Å²) in [5, 5.41) is 7.08. The Balaban J connectivity index is 1.52. The molecule has 5 heteroatoms. The van der Waals surface area contributed by atoms with Crippen molar-refractivity contribution in [3.8, 4) is 0 Å². The number of carbonyl (C=O) groups excluding carboxylic acids is 1. The highest BCUT2D eigenvalue weighted by molar-refractivity contribution is 5.80. The summed E-state index contributed by atoms with van der Waals surface area (Å²) in [7, 11) is 0. The first-order valence-electron chi connectivity index (χ1n) is 9.29. The molecule has 2 aromatic rings. The predicted octanol–water partition coefficient (Wildman–Crippen LogP) is 3.09. The van der Waals surface area contributed by atoms with Crippen molar-refractivity contribution in [3.05, 3.63) is 59.7 Å². The maximum Gasteiger partial charge on any atom is 0.223 e. The van der Waals surface area contributed by atoms with E-state index in [0.717, 1.165) is 48.6 Å². The number of amides is 1. The van der Waals surface area contributed by atoms with E-state index in [-0.39, 0.29) is 17.9 Å². The summed E-state index contributed by atoms with van der Waals surface area (Å²) in [6.07, 6.45) is 2.74. The van der Waals surface area contributed by atoms with Crippen molar-refractivity contribution in [3.63, 3.8) is 0 Å². The Kier molecular flexibility index (Phi) is 4.80. The van der Waals surface area contributed by atoms with Gasteiger partial charge in [0.2, 0.25) is 5.91 Å². The van der Waals surface area contributed by atoms with Gasteiger partial charge in [0.25, 0.3) is 0 Å². The van der Waals surface area contributed by atoms with Crippen molar-refractivity contribution in [1.29, 1.82) is 0 Å². The summed E-state index contributed by atoms with van der Waals surface area (Å²) in [4.78, 5) is 12.0. The SMILES string of the molecule is NC(=O)C1Cc2ccccc2NC1c1ccc(NC2CCOCC2)cc1. The molecule has 0 bridgehead atoms. The topological polar surface area (TPSA) is 76.4 Å². The molecule has 0 saturated carbocycles. The first-order valence-corrected chi connectivity index (χ1v) is 9.29. The van der Waals surface area contributed by atoms with Gasteiger partial charge in [0, 0.05) is 30.6 Å². The van der Waals surface area contributed by atoms with E-state index in [2.05, 4.69) is 47.0 Å². The number of hydrogen-bond acceptors (Lipinski definition) is 4. The third kappa shape index (κ3) is 3.53. The van der Waals surface area contributed by atoms with Crippen molar-refractivity contribution >= 4 is 17.3 Å². The Bertz CT molecular complexity index is 769. The molecule has 5 nitrogen and oxygen atoms in total. The molecule has 1 saturated heterocycles. The van der Waals surface area contributed by atoms with Crippen LogP contribution in [-0.2, 0) is 16.0 Å². The van der Waals surface area contributed by atoms with E-state index in [1.807, 2.05) is 12.1 Å². The van der Waals surface area contributed by atoms with Crippen LogP contribution in [0.1, 0.15) is 30.0 Å². The van der Waals surface area contributed by atoms with Crippen molar-refractivity contribution in [1.82, 2.24) is 0 Å². The van der Waals surface area contributed by atoms with Gasteiger partial charge < -0.3 is 21.1 Å². The Morgan fingerprint density at radius 1 is 1.08 bits per heavy atom. The van der Waals surface area contributed by atoms with Gasteiger partial charge in [-0.25, -0.2) is 0 Å². The minimum atomic E-state index is -0.263. The molecule has 0 aliphatic carbocycles. The third-order valence-electron chi connectivity index (χ3n) is 5.40. The van der Waals surface area contributed by atoms with Crippen molar-refractivity contribution in [2.24, 2.45) is 11.7 Å². The summed E-state index contributed by atoms with van der Waals surface area (Å²) < 4.78 is 5.41. The van der Waals surface area contributed by atoms with Crippen molar-refractivity contribution in [2.45, 2.75) is 31.3 Å². The zero-order chi connectivity index (χ0) is 17.9. The van der Waals surface area contributed by atoms with E-state index < -0.39 is 0 Å². The number of nitrogens with one attached hydrogen (secondary N) is 2. The smallest absolute Gasteiger partial charge is 0.223 e. The second-order valence-corrected chi connectivity index (χ2v) is 7.15. The minimum absolute atomic E-state index is 0.0977. The van der Waals surface area contributed by atoms with Crippen LogP contribution in [-0.4, -0.2) is 25.2 Å². The Hall–Kier alpha value is -2.53. The zero-order valence-corrected chi connectivity index (χ0v) is 14.8. The highest BCUT2D eigenvalue weighted by Crippen LogP contribution is 2.37. The van der Waals surface area contributed by atoms with Crippen LogP contribution in [0.15, 0.2) is 48.5 Å². The van der Waals surface area contributed by atoms with E-state index in [9.17, 15) is 4.79 Å². The van der Waals surface area contributed by atoms with Gasteiger partial charge in [-0.2, -0.15) is 0 Å². The lowest BCUT2D eigenvalue weighted by Crippen LogP contribution is -2.37. The lowest BCUT2D eigenvalue weighted by molar-refractivity contribution is -0.122. The predicted molar refractivity (Wildman–Crippen MR) is 103 cm³/mol. The quantitative estimate of drug-likeness (QED) is 0.791. The molecular formula is C21H25N3O2. The number of rotatable bonds is 4. The van der Waals surface area contributed by atoms with Gasteiger partial charge in [-0.15, -0.1) is 0 Å². The van der Waals surface area contributed by atoms with Crippen molar-refractivity contribution < 1.29 is 9.53 Å². The molecule has 0 radical (unpaired) electrons.